The Morgan fingerprint density at radius 1 is 1.21 bits per heavy atom. The fourth-order valence-corrected chi connectivity index (χ4v) is 2.87. The highest BCUT2D eigenvalue weighted by molar-refractivity contribution is 5.58. The van der Waals surface area contributed by atoms with Crippen molar-refractivity contribution in [2.24, 2.45) is 5.92 Å². The topological polar surface area (TPSA) is 40.7 Å². The van der Waals surface area contributed by atoms with Gasteiger partial charge in [-0.15, -0.1) is 0 Å². The Morgan fingerprint density at radius 2 is 2.05 bits per heavy atom. The normalized spacial score (nSPS) is 22.8. The van der Waals surface area contributed by atoms with E-state index in [-0.39, 0.29) is 0 Å². The van der Waals surface area contributed by atoms with Crippen LogP contribution in [-0.2, 0) is 6.54 Å². The van der Waals surface area contributed by atoms with Crippen LogP contribution in [0.1, 0.15) is 31.7 Å². The number of aromatic amines is 1. The summed E-state index contributed by atoms with van der Waals surface area (Å²) in [4.78, 5) is 0. The molecule has 0 bridgehead atoms. The molecule has 2 aromatic rings. The summed E-state index contributed by atoms with van der Waals surface area (Å²) in [5, 5.41) is 10.6. The number of rotatable bonds is 4. The molecular weight excluding hydrogens is 234 g/mol. The first-order chi connectivity index (χ1) is 9.31. The molecule has 0 radical (unpaired) electrons. The molecule has 1 aliphatic rings. The summed E-state index contributed by atoms with van der Waals surface area (Å²) < 4.78 is 0. The van der Waals surface area contributed by atoms with Gasteiger partial charge in [0, 0.05) is 18.8 Å². The van der Waals surface area contributed by atoms with E-state index in [0.717, 1.165) is 18.2 Å². The van der Waals surface area contributed by atoms with Gasteiger partial charge < -0.3 is 5.32 Å². The minimum atomic E-state index is 0.710. The van der Waals surface area contributed by atoms with Crippen LogP contribution in [0.4, 0.5) is 0 Å². The van der Waals surface area contributed by atoms with Gasteiger partial charge in [0.2, 0.25) is 0 Å². The lowest BCUT2D eigenvalue weighted by molar-refractivity contribution is 0.502. The van der Waals surface area contributed by atoms with Gasteiger partial charge in [0.05, 0.1) is 5.69 Å². The van der Waals surface area contributed by atoms with Crippen molar-refractivity contribution in [2.75, 3.05) is 0 Å². The molecule has 0 spiro atoms. The molecule has 1 aromatic carbocycles. The molecule has 0 saturated heterocycles. The van der Waals surface area contributed by atoms with Crippen molar-refractivity contribution in [2.45, 2.75) is 38.8 Å². The maximum absolute atomic E-state index is 3.98. The molecular formula is C16H21N3. The lowest BCUT2D eigenvalue weighted by atomic mass is 10.1. The summed E-state index contributed by atoms with van der Waals surface area (Å²) in [5.41, 5.74) is 3.61. The first-order valence-electron chi connectivity index (χ1n) is 7.13. The lowest BCUT2D eigenvalue weighted by Gasteiger charge is -2.12. The van der Waals surface area contributed by atoms with Crippen molar-refractivity contribution < 1.29 is 0 Å². The van der Waals surface area contributed by atoms with Crippen LogP contribution in [0.15, 0.2) is 36.5 Å². The van der Waals surface area contributed by atoms with Gasteiger partial charge in [0.15, 0.2) is 0 Å². The number of hydrogen-bond donors (Lipinski definition) is 2. The zero-order valence-corrected chi connectivity index (χ0v) is 11.4. The average molecular weight is 255 g/mol. The second-order valence-electron chi connectivity index (χ2n) is 5.66. The van der Waals surface area contributed by atoms with Crippen molar-refractivity contribution >= 4 is 0 Å². The molecule has 2 unspecified atom stereocenters. The van der Waals surface area contributed by atoms with Gasteiger partial charge >= 0.3 is 0 Å². The zero-order chi connectivity index (χ0) is 13.1. The predicted molar refractivity (Wildman–Crippen MR) is 77.7 cm³/mol. The van der Waals surface area contributed by atoms with E-state index in [0.29, 0.717) is 6.04 Å². The molecule has 1 saturated carbocycles. The molecule has 3 rings (SSSR count). The third kappa shape index (κ3) is 3.04. The molecule has 0 aliphatic heterocycles. The highest BCUT2D eigenvalue weighted by Crippen LogP contribution is 2.25. The lowest BCUT2D eigenvalue weighted by Crippen LogP contribution is -2.25. The Kier molecular flexibility index (Phi) is 3.65. The van der Waals surface area contributed by atoms with Crippen molar-refractivity contribution in [3.8, 4) is 11.3 Å². The predicted octanol–water partition coefficient (Wildman–Crippen LogP) is 3.35. The first kappa shape index (κ1) is 12.4. The minimum Gasteiger partial charge on any atom is -0.310 e. The molecule has 1 heterocycles. The number of nitrogens with zero attached hydrogens (tertiary/aromatic N) is 1. The number of H-pyrrole nitrogens is 1. The molecule has 3 nitrogen and oxygen atoms in total. The van der Waals surface area contributed by atoms with Crippen LogP contribution in [0.5, 0.6) is 0 Å². The van der Waals surface area contributed by atoms with E-state index in [1.165, 1.54) is 30.4 Å². The van der Waals surface area contributed by atoms with Crippen LogP contribution in [0.2, 0.25) is 0 Å². The Hall–Kier alpha value is -1.61. The van der Waals surface area contributed by atoms with Gasteiger partial charge in [0.25, 0.3) is 0 Å². The maximum Gasteiger partial charge on any atom is 0.0650 e. The van der Waals surface area contributed by atoms with Crippen LogP contribution in [-0.4, -0.2) is 16.2 Å². The van der Waals surface area contributed by atoms with Crippen molar-refractivity contribution in [3.05, 3.63) is 42.1 Å². The fourth-order valence-electron chi connectivity index (χ4n) is 2.87. The van der Waals surface area contributed by atoms with Gasteiger partial charge in [-0.05, 0) is 42.4 Å². The second kappa shape index (κ2) is 5.57. The van der Waals surface area contributed by atoms with Gasteiger partial charge in [-0.1, -0.05) is 31.2 Å². The summed E-state index contributed by atoms with van der Waals surface area (Å²) in [5.74, 6) is 0.889. The zero-order valence-electron chi connectivity index (χ0n) is 11.4. The summed E-state index contributed by atoms with van der Waals surface area (Å²) in [6.07, 6.45) is 5.81. The number of benzene rings is 1. The van der Waals surface area contributed by atoms with E-state index < -0.39 is 0 Å². The van der Waals surface area contributed by atoms with Crippen LogP contribution in [0.3, 0.4) is 0 Å². The fraction of sp³-hybridized carbons (Fsp3) is 0.438. The summed E-state index contributed by atoms with van der Waals surface area (Å²) in [7, 11) is 0. The third-order valence-corrected chi connectivity index (χ3v) is 4.06. The standard InChI is InChI=1S/C16H21N3/c1-12-2-7-15(10-12)17-11-13-3-5-14(6-4-13)16-8-9-18-19-16/h3-6,8-9,12,15,17H,2,7,10-11H2,1H3,(H,18,19). The highest BCUT2D eigenvalue weighted by atomic mass is 15.1. The van der Waals surface area contributed by atoms with Gasteiger partial charge in [-0.2, -0.15) is 5.10 Å². The van der Waals surface area contributed by atoms with Gasteiger partial charge in [-0.25, -0.2) is 0 Å². The molecule has 2 atom stereocenters. The molecule has 100 valence electrons. The summed E-state index contributed by atoms with van der Waals surface area (Å²) in [6.45, 7) is 3.32. The molecule has 1 fully saturated rings. The average Bonchev–Trinajstić information content (AvgIpc) is 3.08. The van der Waals surface area contributed by atoms with E-state index in [2.05, 4.69) is 46.7 Å². The molecule has 2 N–H and O–H groups in total. The maximum atomic E-state index is 3.98. The Morgan fingerprint density at radius 3 is 2.68 bits per heavy atom. The van der Waals surface area contributed by atoms with E-state index >= 15 is 0 Å². The molecule has 1 aliphatic carbocycles. The van der Waals surface area contributed by atoms with Crippen LogP contribution in [0.25, 0.3) is 11.3 Å². The number of nitrogens with one attached hydrogen (secondary N) is 2. The van der Waals surface area contributed by atoms with Gasteiger partial charge in [0.1, 0.15) is 0 Å². The Balaban J connectivity index is 1.57. The second-order valence-corrected chi connectivity index (χ2v) is 5.66. The minimum absolute atomic E-state index is 0.710. The first-order valence-corrected chi connectivity index (χ1v) is 7.13. The Labute approximate surface area is 114 Å². The van der Waals surface area contributed by atoms with E-state index in [1.54, 1.807) is 6.20 Å². The van der Waals surface area contributed by atoms with Crippen molar-refractivity contribution in [3.63, 3.8) is 0 Å². The quantitative estimate of drug-likeness (QED) is 0.879. The van der Waals surface area contributed by atoms with Crippen LogP contribution < -0.4 is 5.32 Å². The SMILES string of the molecule is CC1CCC(NCc2ccc(-c3ccn[nH]3)cc2)C1. The van der Waals surface area contributed by atoms with Crippen LogP contribution >= 0.6 is 0 Å². The molecule has 0 amide bonds. The van der Waals surface area contributed by atoms with Gasteiger partial charge in [-0.3, -0.25) is 5.10 Å². The van der Waals surface area contributed by atoms with E-state index in [4.69, 9.17) is 0 Å². The largest absolute Gasteiger partial charge is 0.310 e. The monoisotopic (exact) mass is 255 g/mol. The molecule has 3 heteroatoms. The molecule has 1 aromatic heterocycles. The van der Waals surface area contributed by atoms with Crippen molar-refractivity contribution in [1.82, 2.24) is 15.5 Å². The summed E-state index contributed by atoms with van der Waals surface area (Å²) in [6, 6.07) is 11.4. The van der Waals surface area contributed by atoms with E-state index in [1.807, 2.05) is 6.07 Å². The number of aromatic nitrogens is 2. The van der Waals surface area contributed by atoms with E-state index in [9.17, 15) is 0 Å². The summed E-state index contributed by atoms with van der Waals surface area (Å²) >= 11 is 0. The molecule has 19 heavy (non-hydrogen) atoms. The van der Waals surface area contributed by atoms with Crippen LogP contribution in [0, 0.1) is 5.92 Å². The highest BCUT2D eigenvalue weighted by Gasteiger charge is 2.20. The smallest absolute Gasteiger partial charge is 0.0650 e. The number of hydrogen-bond acceptors (Lipinski definition) is 2. The Bertz CT molecular complexity index is 501. The van der Waals surface area contributed by atoms with Crippen molar-refractivity contribution in [1.29, 1.82) is 0 Å². The third-order valence-electron chi connectivity index (χ3n) is 4.06.